The van der Waals surface area contributed by atoms with Crippen molar-refractivity contribution in [2.24, 2.45) is 7.05 Å². The zero-order valence-electron chi connectivity index (χ0n) is 21.3. The van der Waals surface area contributed by atoms with Gasteiger partial charge in [-0.15, -0.1) is 0 Å². The summed E-state index contributed by atoms with van der Waals surface area (Å²) in [6.45, 7) is 6.62. The lowest BCUT2D eigenvalue weighted by Gasteiger charge is -2.49. The molecule has 198 valence electrons. The molecular formula is C26H30F4N6O. The SMILES string of the molecule is CC[C@H]1CN(C(C)c2ccc(F)cc2C(F)(F)F)[C@H](CC)CN1c1cc(=O)n(C)c2cc(CC#N)nn12. The van der Waals surface area contributed by atoms with Gasteiger partial charge in [0.25, 0.3) is 5.56 Å². The number of halogens is 4. The highest BCUT2D eigenvalue weighted by atomic mass is 19.4. The molecule has 0 N–H and O–H groups in total. The van der Waals surface area contributed by atoms with E-state index in [9.17, 15) is 22.4 Å². The van der Waals surface area contributed by atoms with E-state index in [2.05, 4.69) is 21.0 Å². The van der Waals surface area contributed by atoms with Crippen molar-refractivity contribution in [2.45, 2.75) is 64.3 Å². The Kier molecular flexibility index (Phi) is 7.33. The standard InChI is InChI=1S/C26H30F4N6O/c1-5-19-15-35(24-13-25(37)33(4)23-12-18(9-10-31)32-36(23)24)20(6-2)14-34(19)16(3)21-8-7-17(27)11-22(21)26(28,29)30/h7-8,11-13,16,19-20H,5-6,9,14-15H2,1-4H3/t16?,19-,20+/m1/s1. The first kappa shape index (κ1) is 26.7. The van der Waals surface area contributed by atoms with E-state index >= 15 is 0 Å². The Morgan fingerprint density at radius 2 is 1.84 bits per heavy atom. The number of alkyl halides is 3. The van der Waals surface area contributed by atoms with Gasteiger partial charge in [0.15, 0.2) is 0 Å². The van der Waals surface area contributed by atoms with Crippen LogP contribution in [0, 0.1) is 17.1 Å². The molecule has 0 saturated carbocycles. The van der Waals surface area contributed by atoms with Crippen LogP contribution in [0.5, 0.6) is 0 Å². The molecule has 1 aliphatic rings. The molecule has 3 heterocycles. The summed E-state index contributed by atoms with van der Waals surface area (Å²) in [4.78, 5) is 17.0. The lowest BCUT2D eigenvalue weighted by atomic mass is 9.94. The number of aromatic nitrogens is 3. The molecule has 0 spiro atoms. The molecule has 0 aliphatic carbocycles. The van der Waals surface area contributed by atoms with E-state index in [0.717, 1.165) is 6.07 Å². The second kappa shape index (κ2) is 10.2. The third-order valence-electron chi connectivity index (χ3n) is 7.39. The van der Waals surface area contributed by atoms with Gasteiger partial charge in [0.1, 0.15) is 17.3 Å². The van der Waals surface area contributed by atoms with Gasteiger partial charge in [0, 0.05) is 50.4 Å². The van der Waals surface area contributed by atoms with Crippen molar-refractivity contribution >= 4 is 11.5 Å². The van der Waals surface area contributed by atoms with Crippen LogP contribution in [0.1, 0.15) is 56.5 Å². The minimum atomic E-state index is -4.67. The van der Waals surface area contributed by atoms with Crippen molar-refractivity contribution in [3.8, 4) is 6.07 Å². The first-order valence-electron chi connectivity index (χ1n) is 12.3. The summed E-state index contributed by atoms with van der Waals surface area (Å²) in [5, 5.41) is 13.7. The summed E-state index contributed by atoms with van der Waals surface area (Å²) >= 11 is 0. The number of hydrogen-bond acceptors (Lipinski definition) is 5. The second-order valence-electron chi connectivity index (χ2n) is 9.52. The maximum atomic E-state index is 13.8. The van der Waals surface area contributed by atoms with Crippen molar-refractivity contribution in [3.63, 3.8) is 0 Å². The third kappa shape index (κ3) is 4.94. The molecule has 1 aliphatic heterocycles. The average molecular weight is 519 g/mol. The summed E-state index contributed by atoms with van der Waals surface area (Å²) in [7, 11) is 1.64. The number of aryl methyl sites for hydroxylation is 1. The number of rotatable bonds is 6. The molecule has 1 saturated heterocycles. The highest BCUT2D eigenvalue weighted by Gasteiger charge is 2.40. The quantitative estimate of drug-likeness (QED) is 0.443. The maximum absolute atomic E-state index is 13.8. The van der Waals surface area contributed by atoms with E-state index < -0.39 is 23.6 Å². The van der Waals surface area contributed by atoms with Gasteiger partial charge < -0.3 is 4.90 Å². The molecule has 3 atom stereocenters. The second-order valence-corrected chi connectivity index (χ2v) is 9.52. The molecule has 11 heteroatoms. The molecule has 7 nitrogen and oxygen atoms in total. The Hall–Kier alpha value is -3.39. The summed E-state index contributed by atoms with van der Waals surface area (Å²) in [5.74, 6) is -0.325. The summed E-state index contributed by atoms with van der Waals surface area (Å²) in [5.41, 5.74) is -0.0217. The molecule has 0 radical (unpaired) electrons. The van der Waals surface area contributed by atoms with E-state index in [1.54, 1.807) is 24.6 Å². The number of hydrogen-bond donors (Lipinski definition) is 0. The van der Waals surface area contributed by atoms with Crippen LogP contribution in [0.2, 0.25) is 0 Å². The number of anilines is 1. The van der Waals surface area contributed by atoms with Gasteiger partial charge in [-0.2, -0.15) is 23.5 Å². The van der Waals surface area contributed by atoms with E-state index in [1.807, 2.05) is 13.8 Å². The highest BCUT2D eigenvalue weighted by molar-refractivity contribution is 5.52. The van der Waals surface area contributed by atoms with Gasteiger partial charge in [0.2, 0.25) is 0 Å². The molecule has 2 aromatic heterocycles. The van der Waals surface area contributed by atoms with Gasteiger partial charge in [-0.1, -0.05) is 19.9 Å². The number of fused-ring (bicyclic) bond motifs is 1. The molecular weight excluding hydrogens is 488 g/mol. The predicted octanol–water partition coefficient (Wildman–Crippen LogP) is 4.70. The lowest BCUT2D eigenvalue weighted by Crippen LogP contribution is -2.59. The molecule has 4 rings (SSSR count). The van der Waals surface area contributed by atoms with Crippen molar-refractivity contribution in [2.75, 3.05) is 18.0 Å². The Morgan fingerprint density at radius 3 is 2.46 bits per heavy atom. The average Bonchev–Trinajstić information content (AvgIpc) is 3.29. The summed E-state index contributed by atoms with van der Waals surface area (Å²) < 4.78 is 58.2. The van der Waals surface area contributed by atoms with Crippen molar-refractivity contribution in [1.29, 1.82) is 5.26 Å². The minimum Gasteiger partial charge on any atom is -0.351 e. The van der Waals surface area contributed by atoms with Gasteiger partial charge in [0.05, 0.1) is 23.7 Å². The topological polar surface area (TPSA) is 69.6 Å². The fourth-order valence-electron chi connectivity index (χ4n) is 5.34. The van der Waals surface area contributed by atoms with Gasteiger partial charge in [-0.05, 0) is 37.5 Å². The molecule has 37 heavy (non-hydrogen) atoms. The Morgan fingerprint density at radius 1 is 1.14 bits per heavy atom. The first-order valence-corrected chi connectivity index (χ1v) is 12.3. The van der Waals surface area contributed by atoms with Crippen LogP contribution in [0.4, 0.5) is 23.4 Å². The Bertz CT molecular complexity index is 1390. The Labute approximate surface area is 212 Å². The van der Waals surface area contributed by atoms with Crippen LogP contribution in [0.3, 0.4) is 0 Å². The fraction of sp³-hybridized carbons (Fsp3) is 0.500. The van der Waals surface area contributed by atoms with E-state index in [1.165, 1.54) is 16.7 Å². The maximum Gasteiger partial charge on any atom is 0.416 e. The normalized spacial score (nSPS) is 19.8. The molecule has 0 bridgehead atoms. The summed E-state index contributed by atoms with van der Waals surface area (Å²) in [6.07, 6.45) is -3.23. The van der Waals surface area contributed by atoms with Crippen LogP contribution in [-0.4, -0.2) is 44.3 Å². The number of nitrogens with zero attached hydrogens (tertiary/aromatic N) is 6. The van der Waals surface area contributed by atoms with E-state index in [4.69, 9.17) is 5.26 Å². The van der Waals surface area contributed by atoms with Crippen molar-refractivity contribution in [1.82, 2.24) is 19.1 Å². The van der Waals surface area contributed by atoms with Crippen LogP contribution < -0.4 is 10.5 Å². The van der Waals surface area contributed by atoms with Crippen LogP contribution >= 0.6 is 0 Å². The summed E-state index contributed by atoms with van der Waals surface area (Å²) in [6, 6.07) is 7.34. The molecule has 3 aromatic rings. The fourth-order valence-corrected chi connectivity index (χ4v) is 5.34. The first-order chi connectivity index (χ1) is 17.5. The highest BCUT2D eigenvalue weighted by Crippen LogP contribution is 2.39. The zero-order chi connectivity index (χ0) is 27.1. The largest absolute Gasteiger partial charge is 0.416 e. The van der Waals surface area contributed by atoms with Crippen molar-refractivity contribution < 1.29 is 17.6 Å². The lowest BCUT2D eigenvalue weighted by molar-refractivity contribution is -0.139. The number of piperazine rings is 1. The monoisotopic (exact) mass is 518 g/mol. The van der Waals surface area contributed by atoms with E-state index in [0.29, 0.717) is 49.2 Å². The smallest absolute Gasteiger partial charge is 0.351 e. The molecule has 1 aromatic carbocycles. The van der Waals surface area contributed by atoms with Crippen LogP contribution in [-0.2, 0) is 19.6 Å². The molecule has 1 unspecified atom stereocenters. The van der Waals surface area contributed by atoms with Crippen LogP contribution in [0.25, 0.3) is 5.65 Å². The molecule has 1 fully saturated rings. The van der Waals surface area contributed by atoms with Gasteiger partial charge in [-0.25, -0.2) is 8.91 Å². The van der Waals surface area contributed by atoms with E-state index in [-0.39, 0.29) is 29.6 Å². The van der Waals surface area contributed by atoms with Gasteiger partial charge >= 0.3 is 6.18 Å². The van der Waals surface area contributed by atoms with Crippen LogP contribution in [0.15, 0.2) is 35.1 Å². The van der Waals surface area contributed by atoms with Crippen molar-refractivity contribution in [3.05, 3.63) is 63.3 Å². The Balaban J connectivity index is 1.75. The molecule has 0 amide bonds. The van der Waals surface area contributed by atoms with Gasteiger partial charge in [-0.3, -0.25) is 14.3 Å². The zero-order valence-corrected chi connectivity index (χ0v) is 21.3. The number of nitriles is 1. The third-order valence-corrected chi connectivity index (χ3v) is 7.39. The number of benzene rings is 1. The minimum absolute atomic E-state index is 0.0415. The predicted molar refractivity (Wildman–Crippen MR) is 132 cm³/mol.